The minimum Gasteiger partial charge on any atom is -0.452 e. The van der Waals surface area contributed by atoms with Gasteiger partial charge in [-0.3, -0.25) is 4.79 Å². The molecule has 0 fully saturated rings. The summed E-state index contributed by atoms with van der Waals surface area (Å²) in [7, 11) is 0. The Bertz CT molecular complexity index is 768. The minimum atomic E-state index is -0.966. The van der Waals surface area contributed by atoms with Crippen LogP contribution in [-0.4, -0.2) is 18.5 Å². The van der Waals surface area contributed by atoms with Crippen LogP contribution in [0.2, 0.25) is 5.02 Å². The largest absolute Gasteiger partial charge is 0.452 e. The highest BCUT2D eigenvalue weighted by Crippen LogP contribution is 2.18. The van der Waals surface area contributed by atoms with E-state index in [2.05, 4.69) is 5.32 Å². The maximum Gasteiger partial charge on any atom is 0.340 e. The van der Waals surface area contributed by atoms with Crippen molar-refractivity contribution in [2.75, 3.05) is 11.9 Å². The molecule has 2 aromatic rings. The normalized spacial score (nSPS) is 10.3. The molecule has 0 saturated heterocycles. The number of carbonyl (C=O) groups is 2. The monoisotopic (exact) mass is 343 g/mol. The Morgan fingerprint density at radius 1 is 1.04 bits per heavy atom. The van der Waals surface area contributed by atoms with Gasteiger partial charge in [-0.1, -0.05) is 11.6 Å². The zero-order valence-electron chi connectivity index (χ0n) is 11.4. The Morgan fingerprint density at radius 2 is 1.70 bits per heavy atom. The van der Waals surface area contributed by atoms with Crippen molar-refractivity contribution in [2.24, 2.45) is 0 Å². The summed E-state index contributed by atoms with van der Waals surface area (Å²) >= 11 is 5.68. The molecule has 0 aliphatic carbocycles. The Balaban J connectivity index is 1.94. The van der Waals surface area contributed by atoms with Crippen molar-refractivity contribution in [2.45, 2.75) is 0 Å². The standard InChI is InChI=1S/C15H9ClF3NO3/c16-11-5-8(17)1-3-10(11)15(22)23-7-14(21)20-13-4-2-9(18)6-12(13)19/h1-6H,7H2,(H,20,21). The van der Waals surface area contributed by atoms with Crippen LogP contribution in [0.4, 0.5) is 18.9 Å². The van der Waals surface area contributed by atoms with Crippen LogP contribution >= 0.6 is 11.6 Å². The molecular weight excluding hydrogens is 335 g/mol. The molecule has 0 radical (unpaired) electrons. The number of carbonyl (C=O) groups excluding carboxylic acids is 2. The van der Waals surface area contributed by atoms with Crippen LogP contribution in [0.1, 0.15) is 10.4 Å². The molecule has 0 aromatic heterocycles. The van der Waals surface area contributed by atoms with Gasteiger partial charge in [-0.15, -0.1) is 0 Å². The van der Waals surface area contributed by atoms with E-state index in [1.165, 1.54) is 0 Å². The van der Waals surface area contributed by atoms with E-state index in [0.717, 1.165) is 30.3 Å². The van der Waals surface area contributed by atoms with Gasteiger partial charge in [-0.05, 0) is 30.3 Å². The van der Waals surface area contributed by atoms with E-state index in [9.17, 15) is 22.8 Å². The van der Waals surface area contributed by atoms with Gasteiger partial charge in [0.2, 0.25) is 0 Å². The van der Waals surface area contributed by atoms with Gasteiger partial charge in [0.05, 0.1) is 16.3 Å². The van der Waals surface area contributed by atoms with Crippen molar-refractivity contribution in [3.05, 3.63) is 64.4 Å². The number of rotatable bonds is 4. The number of amides is 1. The molecular formula is C15H9ClF3NO3. The Hall–Kier alpha value is -2.54. The second-order valence-corrected chi connectivity index (χ2v) is 4.78. The first-order valence-corrected chi connectivity index (χ1v) is 6.61. The number of esters is 1. The summed E-state index contributed by atoms with van der Waals surface area (Å²) in [4.78, 5) is 23.3. The Labute approximate surface area is 133 Å². The van der Waals surface area contributed by atoms with Crippen LogP contribution in [0.5, 0.6) is 0 Å². The smallest absolute Gasteiger partial charge is 0.340 e. The zero-order valence-corrected chi connectivity index (χ0v) is 12.2. The Morgan fingerprint density at radius 3 is 2.35 bits per heavy atom. The number of anilines is 1. The number of hydrogen-bond acceptors (Lipinski definition) is 3. The first-order valence-electron chi connectivity index (χ1n) is 6.24. The lowest BCUT2D eigenvalue weighted by molar-refractivity contribution is -0.119. The molecule has 0 saturated carbocycles. The van der Waals surface area contributed by atoms with E-state index in [1.807, 2.05) is 0 Å². The van der Waals surface area contributed by atoms with Crippen molar-refractivity contribution in [1.29, 1.82) is 0 Å². The van der Waals surface area contributed by atoms with E-state index in [-0.39, 0.29) is 16.3 Å². The predicted molar refractivity (Wildman–Crippen MR) is 76.7 cm³/mol. The molecule has 1 amide bonds. The summed E-state index contributed by atoms with van der Waals surface area (Å²) in [6, 6.07) is 5.63. The molecule has 0 aliphatic rings. The maximum absolute atomic E-state index is 13.3. The summed E-state index contributed by atoms with van der Waals surface area (Å²) in [6.07, 6.45) is 0. The average molecular weight is 344 g/mol. The van der Waals surface area contributed by atoms with Gasteiger partial charge in [-0.2, -0.15) is 0 Å². The fraction of sp³-hybridized carbons (Fsp3) is 0.0667. The van der Waals surface area contributed by atoms with Gasteiger partial charge in [0.1, 0.15) is 17.5 Å². The molecule has 0 atom stereocenters. The van der Waals surface area contributed by atoms with Crippen molar-refractivity contribution in [1.82, 2.24) is 0 Å². The predicted octanol–water partition coefficient (Wildman–Crippen LogP) is 3.55. The number of benzene rings is 2. The van der Waals surface area contributed by atoms with Crippen LogP contribution in [0.15, 0.2) is 36.4 Å². The molecule has 2 rings (SSSR count). The van der Waals surface area contributed by atoms with Crippen LogP contribution in [-0.2, 0) is 9.53 Å². The molecule has 120 valence electrons. The van der Waals surface area contributed by atoms with Crippen LogP contribution in [0, 0.1) is 17.5 Å². The third-order valence-corrected chi connectivity index (χ3v) is 3.00. The van der Waals surface area contributed by atoms with E-state index >= 15 is 0 Å². The van der Waals surface area contributed by atoms with Gasteiger partial charge in [-0.25, -0.2) is 18.0 Å². The summed E-state index contributed by atoms with van der Waals surface area (Å²) in [5.74, 6) is -4.16. The van der Waals surface area contributed by atoms with E-state index < -0.39 is 35.9 Å². The summed E-state index contributed by atoms with van der Waals surface area (Å²) in [6.45, 7) is -0.719. The number of ether oxygens (including phenoxy) is 1. The van der Waals surface area contributed by atoms with Crippen molar-refractivity contribution < 1.29 is 27.5 Å². The molecule has 0 unspecified atom stereocenters. The first-order chi connectivity index (χ1) is 10.9. The quantitative estimate of drug-likeness (QED) is 0.864. The number of halogens is 4. The lowest BCUT2D eigenvalue weighted by Crippen LogP contribution is -2.21. The van der Waals surface area contributed by atoms with E-state index in [0.29, 0.717) is 6.07 Å². The third kappa shape index (κ3) is 4.46. The summed E-state index contributed by atoms with van der Waals surface area (Å²) in [5, 5.41) is 1.95. The topological polar surface area (TPSA) is 55.4 Å². The molecule has 2 aromatic carbocycles. The van der Waals surface area contributed by atoms with Gasteiger partial charge in [0.15, 0.2) is 6.61 Å². The zero-order chi connectivity index (χ0) is 17.0. The molecule has 0 heterocycles. The highest BCUT2D eigenvalue weighted by molar-refractivity contribution is 6.33. The Kier molecular flexibility index (Phi) is 5.23. The van der Waals surface area contributed by atoms with Crippen LogP contribution in [0.25, 0.3) is 0 Å². The molecule has 8 heteroatoms. The molecule has 23 heavy (non-hydrogen) atoms. The second-order valence-electron chi connectivity index (χ2n) is 4.37. The number of hydrogen-bond donors (Lipinski definition) is 1. The molecule has 1 N–H and O–H groups in total. The van der Waals surface area contributed by atoms with Crippen molar-refractivity contribution in [3.8, 4) is 0 Å². The highest BCUT2D eigenvalue weighted by Gasteiger charge is 2.15. The SMILES string of the molecule is O=C(COC(=O)c1ccc(F)cc1Cl)Nc1ccc(F)cc1F. The van der Waals surface area contributed by atoms with Gasteiger partial charge in [0.25, 0.3) is 5.91 Å². The van der Waals surface area contributed by atoms with E-state index in [1.54, 1.807) is 0 Å². The molecule has 4 nitrogen and oxygen atoms in total. The van der Waals surface area contributed by atoms with Gasteiger partial charge < -0.3 is 10.1 Å². The fourth-order valence-electron chi connectivity index (χ4n) is 1.64. The van der Waals surface area contributed by atoms with Gasteiger partial charge >= 0.3 is 5.97 Å². The second kappa shape index (κ2) is 7.15. The molecule has 0 spiro atoms. The van der Waals surface area contributed by atoms with Crippen molar-refractivity contribution in [3.63, 3.8) is 0 Å². The molecule has 0 aliphatic heterocycles. The average Bonchev–Trinajstić information content (AvgIpc) is 2.48. The van der Waals surface area contributed by atoms with E-state index in [4.69, 9.17) is 16.3 Å². The highest BCUT2D eigenvalue weighted by atomic mass is 35.5. The lowest BCUT2D eigenvalue weighted by Gasteiger charge is -2.08. The number of nitrogens with one attached hydrogen (secondary N) is 1. The third-order valence-electron chi connectivity index (χ3n) is 2.69. The molecule has 0 bridgehead atoms. The first kappa shape index (κ1) is 16.8. The maximum atomic E-state index is 13.3. The lowest BCUT2D eigenvalue weighted by atomic mass is 10.2. The minimum absolute atomic E-state index is 0.117. The fourth-order valence-corrected chi connectivity index (χ4v) is 1.89. The van der Waals surface area contributed by atoms with Crippen LogP contribution in [0.3, 0.4) is 0 Å². The van der Waals surface area contributed by atoms with Crippen LogP contribution < -0.4 is 5.32 Å². The van der Waals surface area contributed by atoms with Gasteiger partial charge in [0, 0.05) is 6.07 Å². The summed E-state index contributed by atoms with van der Waals surface area (Å²) < 4.78 is 43.6. The summed E-state index contributed by atoms with van der Waals surface area (Å²) in [5.41, 5.74) is -0.374. The van der Waals surface area contributed by atoms with Crippen molar-refractivity contribution >= 4 is 29.2 Å².